The molecule has 1 heterocycles. The van der Waals surface area contributed by atoms with Gasteiger partial charge in [0.15, 0.2) is 12.5 Å². The van der Waals surface area contributed by atoms with Crippen molar-refractivity contribution in [1.82, 2.24) is 4.98 Å². The topological polar surface area (TPSA) is 60.8 Å². The summed E-state index contributed by atoms with van der Waals surface area (Å²) in [7, 11) is 3.05. The summed E-state index contributed by atoms with van der Waals surface area (Å²) in [5, 5.41) is 9.59. The summed E-state index contributed by atoms with van der Waals surface area (Å²) in [4.78, 5) is 4.02. The van der Waals surface area contributed by atoms with E-state index in [-0.39, 0.29) is 6.79 Å². The normalized spacial score (nSPS) is 10.5. The molecule has 0 amide bonds. The highest BCUT2D eigenvalue weighted by atomic mass is 16.7. The maximum absolute atomic E-state index is 9.59. The first-order valence-electron chi connectivity index (χ1n) is 5.37. The summed E-state index contributed by atoms with van der Waals surface area (Å²) in [6.45, 7) is 3.31. The molecule has 0 fully saturated rings. The van der Waals surface area contributed by atoms with Crippen LogP contribution < -0.4 is 9.47 Å². The molecule has 1 aromatic rings. The van der Waals surface area contributed by atoms with Gasteiger partial charge in [0.25, 0.3) is 0 Å². The van der Waals surface area contributed by atoms with Gasteiger partial charge in [-0.3, -0.25) is 0 Å². The molecule has 0 bridgehead atoms. The van der Waals surface area contributed by atoms with Crippen LogP contribution in [0, 0.1) is 11.8 Å². The minimum atomic E-state index is -1.07. The van der Waals surface area contributed by atoms with Gasteiger partial charge < -0.3 is 19.3 Å². The molecular weight excluding hydrogens is 234 g/mol. The minimum absolute atomic E-state index is 0.102. The van der Waals surface area contributed by atoms with E-state index in [1.165, 1.54) is 20.4 Å². The summed E-state index contributed by atoms with van der Waals surface area (Å²) < 4.78 is 15.2. The molecule has 0 saturated heterocycles. The van der Waals surface area contributed by atoms with Crippen molar-refractivity contribution in [1.29, 1.82) is 0 Å². The van der Waals surface area contributed by atoms with E-state index in [9.17, 15) is 5.11 Å². The van der Waals surface area contributed by atoms with E-state index in [4.69, 9.17) is 14.2 Å². The number of hydrogen-bond donors (Lipinski definition) is 1. The van der Waals surface area contributed by atoms with Crippen molar-refractivity contribution in [3.05, 3.63) is 17.8 Å². The van der Waals surface area contributed by atoms with Crippen molar-refractivity contribution in [2.75, 3.05) is 21.0 Å². The molecule has 0 aliphatic rings. The van der Waals surface area contributed by atoms with Crippen LogP contribution in [-0.2, 0) is 4.74 Å². The van der Waals surface area contributed by atoms with Crippen molar-refractivity contribution in [2.24, 2.45) is 0 Å². The van der Waals surface area contributed by atoms with E-state index < -0.39 is 5.60 Å². The predicted molar refractivity (Wildman–Crippen MR) is 66.5 cm³/mol. The van der Waals surface area contributed by atoms with Crippen LogP contribution in [0.1, 0.15) is 19.4 Å². The highest BCUT2D eigenvalue weighted by Gasteiger charge is 2.09. The average molecular weight is 251 g/mol. The summed E-state index contributed by atoms with van der Waals surface area (Å²) in [5.41, 5.74) is -0.490. The molecular formula is C13H17NO4. The van der Waals surface area contributed by atoms with Gasteiger partial charge in [-0.25, -0.2) is 4.98 Å². The second-order valence-electron chi connectivity index (χ2n) is 4.08. The van der Waals surface area contributed by atoms with Gasteiger partial charge in [0.05, 0.1) is 18.9 Å². The fourth-order valence-corrected chi connectivity index (χ4v) is 1.09. The van der Waals surface area contributed by atoms with E-state index in [1.54, 1.807) is 19.9 Å². The molecule has 0 atom stereocenters. The lowest BCUT2D eigenvalue weighted by Crippen LogP contribution is -2.14. The van der Waals surface area contributed by atoms with Crippen molar-refractivity contribution >= 4 is 0 Å². The monoisotopic (exact) mass is 251 g/mol. The predicted octanol–water partition coefficient (Wildman–Crippen LogP) is 1.20. The number of ether oxygens (including phenoxy) is 3. The van der Waals surface area contributed by atoms with Crippen molar-refractivity contribution < 1.29 is 19.3 Å². The van der Waals surface area contributed by atoms with Crippen LogP contribution in [0.25, 0.3) is 0 Å². The van der Waals surface area contributed by atoms with Crippen LogP contribution in [0.15, 0.2) is 12.3 Å². The molecule has 0 radical (unpaired) electrons. The Bertz CT molecular complexity index is 454. The summed E-state index contributed by atoms with van der Waals surface area (Å²) in [5.74, 6) is 6.46. The Morgan fingerprint density at radius 1 is 1.39 bits per heavy atom. The Hall–Kier alpha value is -1.77. The molecule has 18 heavy (non-hydrogen) atoms. The molecule has 5 heteroatoms. The van der Waals surface area contributed by atoms with Gasteiger partial charge >= 0.3 is 0 Å². The third-order valence-corrected chi connectivity index (χ3v) is 1.89. The third kappa shape index (κ3) is 4.62. The molecule has 0 aromatic carbocycles. The lowest BCUT2D eigenvalue weighted by molar-refractivity contribution is 0.0506. The highest BCUT2D eigenvalue weighted by Crippen LogP contribution is 2.20. The fraction of sp³-hybridized carbons (Fsp3) is 0.462. The largest absolute Gasteiger partial charge is 0.481 e. The van der Waals surface area contributed by atoms with Gasteiger partial charge in [0, 0.05) is 13.2 Å². The van der Waals surface area contributed by atoms with Gasteiger partial charge in [-0.05, 0) is 13.8 Å². The number of hydrogen-bond acceptors (Lipinski definition) is 5. The molecule has 0 saturated carbocycles. The van der Waals surface area contributed by atoms with Crippen LogP contribution in [0.5, 0.6) is 11.6 Å². The van der Waals surface area contributed by atoms with Gasteiger partial charge in [-0.2, -0.15) is 0 Å². The maximum atomic E-state index is 9.59. The third-order valence-electron chi connectivity index (χ3n) is 1.89. The molecule has 0 unspecified atom stereocenters. The second-order valence-corrected chi connectivity index (χ2v) is 4.08. The van der Waals surface area contributed by atoms with Crippen molar-refractivity contribution in [2.45, 2.75) is 19.4 Å². The lowest BCUT2D eigenvalue weighted by Gasteiger charge is -2.09. The Morgan fingerprint density at radius 2 is 2.11 bits per heavy atom. The van der Waals surface area contributed by atoms with Crippen molar-refractivity contribution in [3.8, 4) is 23.5 Å². The number of rotatable bonds is 4. The number of aromatic nitrogens is 1. The molecule has 1 aromatic heterocycles. The number of nitrogens with zero attached hydrogens (tertiary/aromatic N) is 1. The first-order chi connectivity index (χ1) is 8.46. The molecule has 1 N–H and O–H groups in total. The number of methoxy groups -OCH3 is 2. The van der Waals surface area contributed by atoms with E-state index in [0.29, 0.717) is 17.2 Å². The quantitative estimate of drug-likeness (QED) is 0.643. The Labute approximate surface area is 107 Å². The van der Waals surface area contributed by atoms with Crippen LogP contribution in [0.2, 0.25) is 0 Å². The zero-order valence-corrected chi connectivity index (χ0v) is 11.0. The highest BCUT2D eigenvalue weighted by molar-refractivity contribution is 5.47. The zero-order chi connectivity index (χ0) is 13.6. The summed E-state index contributed by atoms with van der Waals surface area (Å²) >= 11 is 0. The van der Waals surface area contributed by atoms with Gasteiger partial charge in [0.1, 0.15) is 5.60 Å². The standard InChI is InChI=1S/C13H17NO4/c1-13(2,15)6-5-10-7-12(17-4)14-8-11(10)18-9-16-3/h7-8,15H,9H2,1-4H3. The van der Waals surface area contributed by atoms with Crippen LogP contribution in [0.3, 0.4) is 0 Å². The molecule has 1 rings (SSSR count). The van der Waals surface area contributed by atoms with Gasteiger partial charge in [-0.1, -0.05) is 11.8 Å². The molecule has 0 aliphatic heterocycles. The molecule has 5 nitrogen and oxygen atoms in total. The summed E-state index contributed by atoms with van der Waals surface area (Å²) in [6.07, 6.45) is 1.51. The van der Waals surface area contributed by atoms with Crippen LogP contribution in [0.4, 0.5) is 0 Å². The smallest absolute Gasteiger partial charge is 0.214 e. The van der Waals surface area contributed by atoms with E-state index >= 15 is 0 Å². The lowest BCUT2D eigenvalue weighted by atomic mass is 10.1. The van der Waals surface area contributed by atoms with Crippen LogP contribution >= 0.6 is 0 Å². The van der Waals surface area contributed by atoms with Gasteiger partial charge in [-0.15, -0.1) is 0 Å². The molecule has 0 spiro atoms. The van der Waals surface area contributed by atoms with Crippen molar-refractivity contribution in [3.63, 3.8) is 0 Å². The minimum Gasteiger partial charge on any atom is -0.481 e. The Kier molecular flexibility index (Phi) is 4.95. The number of aliphatic hydroxyl groups is 1. The van der Waals surface area contributed by atoms with E-state index in [1.807, 2.05) is 0 Å². The zero-order valence-electron chi connectivity index (χ0n) is 11.0. The van der Waals surface area contributed by atoms with E-state index in [2.05, 4.69) is 16.8 Å². The fourth-order valence-electron chi connectivity index (χ4n) is 1.09. The summed E-state index contributed by atoms with van der Waals surface area (Å²) in [6, 6.07) is 1.64. The first-order valence-corrected chi connectivity index (χ1v) is 5.37. The first kappa shape index (κ1) is 14.3. The maximum Gasteiger partial charge on any atom is 0.214 e. The molecule has 0 aliphatic carbocycles. The number of pyridine rings is 1. The van der Waals surface area contributed by atoms with Crippen LogP contribution in [-0.4, -0.2) is 36.7 Å². The molecule has 98 valence electrons. The Balaban J connectivity index is 3.06. The Morgan fingerprint density at radius 3 is 2.67 bits per heavy atom. The second kappa shape index (κ2) is 6.24. The SMILES string of the molecule is COCOc1cnc(OC)cc1C#CC(C)(C)O. The van der Waals surface area contributed by atoms with Gasteiger partial charge in [0.2, 0.25) is 5.88 Å². The average Bonchev–Trinajstić information content (AvgIpc) is 2.33. The van der Waals surface area contributed by atoms with E-state index in [0.717, 1.165) is 0 Å².